The molecule has 2 N–H and O–H groups in total. The van der Waals surface area contributed by atoms with Crippen LogP contribution in [0.4, 0.5) is 5.69 Å². The number of carbonyl (C=O) groups is 2. The average Bonchev–Trinajstić information content (AvgIpc) is 3.41. The molecule has 8 heteroatoms. The van der Waals surface area contributed by atoms with Crippen molar-refractivity contribution >= 4 is 23.3 Å². The molecule has 1 atom stereocenters. The van der Waals surface area contributed by atoms with E-state index in [-0.39, 0.29) is 29.6 Å². The third-order valence-electron chi connectivity index (χ3n) is 4.80. The molecule has 4 rings (SSSR count). The van der Waals surface area contributed by atoms with Crippen molar-refractivity contribution in [3.8, 4) is 0 Å². The highest BCUT2D eigenvalue weighted by atomic mass is 16.2. The van der Waals surface area contributed by atoms with Gasteiger partial charge in [0.05, 0.1) is 6.04 Å². The second-order valence-electron chi connectivity index (χ2n) is 7.27. The molecule has 1 aliphatic carbocycles. The number of rotatable bonds is 5. The molecule has 1 fully saturated rings. The van der Waals surface area contributed by atoms with Gasteiger partial charge in [0.2, 0.25) is 11.7 Å². The lowest BCUT2D eigenvalue weighted by atomic mass is 10.1. The summed E-state index contributed by atoms with van der Waals surface area (Å²) >= 11 is 0. The molecule has 3 aromatic rings. The lowest BCUT2D eigenvalue weighted by Crippen LogP contribution is -2.27. The number of nitrogens with zero attached hydrogens (tertiary/aromatic N) is 4. The van der Waals surface area contributed by atoms with Crippen molar-refractivity contribution in [1.82, 2.24) is 24.9 Å². The van der Waals surface area contributed by atoms with Gasteiger partial charge < -0.3 is 10.6 Å². The van der Waals surface area contributed by atoms with E-state index in [9.17, 15) is 9.59 Å². The second kappa shape index (κ2) is 7.03. The molecular formula is C20H22N6O2. The summed E-state index contributed by atoms with van der Waals surface area (Å²) in [7, 11) is 0. The second-order valence-corrected chi connectivity index (χ2v) is 7.27. The molecule has 0 radical (unpaired) electrons. The highest BCUT2D eigenvalue weighted by Gasteiger charge is 2.29. The molecule has 0 aliphatic heterocycles. The van der Waals surface area contributed by atoms with Gasteiger partial charge in [-0.25, -0.2) is 9.50 Å². The number of nitrogens with one attached hydrogen (secondary N) is 2. The molecule has 28 heavy (non-hydrogen) atoms. The minimum absolute atomic E-state index is 0.0752. The Labute approximate surface area is 162 Å². The number of aryl methyl sites for hydroxylation is 2. The topological polar surface area (TPSA) is 101 Å². The summed E-state index contributed by atoms with van der Waals surface area (Å²) in [6, 6.07) is 9.12. The maximum atomic E-state index is 12.6. The van der Waals surface area contributed by atoms with Gasteiger partial charge in [-0.2, -0.15) is 4.98 Å². The standard InChI is InChI=1S/C20H22N6O2/c1-11-10-12(2)26-20(21-11)24-17(25-26)19(28)22-13(3)14-6-8-16(9-7-14)23-18(27)15-4-5-15/h6-10,13,15H,4-5H2,1-3H3,(H,22,28)(H,23,27). The monoisotopic (exact) mass is 378 g/mol. The van der Waals surface area contributed by atoms with Gasteiger partial charge in [0.25, 0.3) is 11.7 Å². The summed E-state index contributed by atoms with van der Waals surface area (Å²) in [6.45, 7) is 5.66. The van der Waals surface area contributed by atoms with Crippen LogP contribution in [0, 0.1) is 19.8 Å². The van der Waals surface area contributed by atoms with E-state index < -0.39 is 0 Å². The molecular weight excluding hydrogens is 356 g/mol. The molecule has 1 aliphatic rings. The smallest absolute Gasteiger partial charge is 0.291 e. The van der Waals surface area contributed by atoms with E-state index in [1.54, 1.807) is 4.52 Å². The molecule has 1 unspecified atom stereocenters. The molecule has 2 heterocycles. The molecule has 0 spiro atoms. The van der Waals surface area contributed by atoms with Gasteiger partial charge >= 0.3 is 0 Å². The Morgan fingerprint density at radius 1 is 1.14 bits per heavy atom. The van der Waals surface area contributed by atoms with Crippen molar-refractivity contribution < 1.29 is 9.59 Å². The number of anilines is 1. The number of amides is 2. The Morgan fingerprint density at radius 2 is 1.86 bits per heavy atom. The maximum Gasteiger partial charge on any atom is 0.291 e. The van der Waals surface area contributed by atoms with Gasteiger partial charge in [0, 0.05) is 23.0 Å². The van der Waals surface area contributed by atoms with Gasteiger partial charge in [0.15, 0.2) is 0 Å². The lowest BCUT2D eigenvalue weighted by Gasteiger charge is -2.14. The van der Waals surface area contributed by atoms with E-state index in [2.05, 4.69) is 25.7 Å². The van der Waals surface area contributed by atoms with Crippen LogP contribution in [0.2, 0.25) is 0 Å². The van der Waals surface area contributed by atoms with Crippen LogP contribution < -0.4 is 10.6 Å². The SMILES string of the molecule is Cc1cc(C)n2nc(C(=O)NC(C)c3ccc(NC(=O)C4CC4)cc3)nc2n1. The summed E-state index contributed by atoms with van der Waals surface area (Å²) in [6.07, 6.45) is 1.94. The predicted molar refractivity (Wildman–Crippen MR) is 104 cm³/mol. The van der Waals surface area contributed by atoms with Crippen molar-refractivity contribution in [3.63, 3.8) is 0 Å². The number of hydrogen-bond donors (Lipinski definition) is 2. The summed E-state index contributed by atoms with van der Waals surface area (Å²) in [5.74, 6) is 0.373. The van der Waals surface area contributed by atoms with Crippen LogP contribution >= 0.6 is 0 Å². The minimum Gasteiger partial charge on any atom is -0.343 e. The molecule has 2 amide bonds. The number of fused-ring (bicyclic) bond motifs is 1. The van der Waals surface area contributed by atoms with Crippen LogP contribution in [-0.4, -0.2) is 31.4 Å². The zero-order valence-electron chi connectivity index (χ0n) is 16.1. The predicted octanol–water partition coefficient (Wildman–Crippen LogP) is 2.58. The Balaban J connectivity index is 1.44. The van der Waals surface area contributed by atoms with Gasteiger partial charge in [-0.15, -0.1) is 5.10 Å². The first-order valence-corrected chi connectivity index (χ1v) is 9.33. The number of benzene rings is 1. The highest BCUT2D eigenvalue weighted by Crippen LogP contribution is 2.30. The summed E-state index contributed by atoms with van der Waals surface area (Å²) in [5.41, 5.74) is 3.38. The van der Waals surface area contributed by atoms with Crippen LogP contribution in [0.5, 0.6) is 0 Å². The zero-order chi connectivity index (χ0) is 19.8. The Bertz CT molecular complexity index is 1050. The molecule has 2 aromatic heterocycles. The van der Waals surface area contributed by atoms with E-state index in [1.165, 1.54) is 0 Å². The number of hydrogen-bond acceptors (Lipinski definition) is 5. The quantitative estimate of drug-likeness (QED) is 0.711. The van der Waals surface area contributed by atoms with Crippen LogP contribution in [0.25, 0.3) is 5.78 Å². The van der Waals surface area contributed by atoms with Crippen LogP contribution in [0.3, 0.4) is 0 Å². The van der Waals surface area contributed by atoms with Gasteiger partial charge in [-0.05, 0) is 57.4 Å². The molecule has 8 nitrogen and oxygen atoms in total. The first-order valence-electron chi connectivity index (χ1n) is 9.33. The summed E-state index contributed by atoms with van der Waals surface area (Å²) in [4.78, 5) is 32.9. The molecule has 1 aromatic carbocycles. The minimum atomic E-state index is -0.360. The normalized spacial score (nSPS) is 14.7. The van der Waals surface area contributed by atoms with E-state index in [1.807, 2.05) is 51.1 Å². The third-order valence-corrected chi connectivity index (χ3v) is 4.80. The van der Waals surface area contributed by atoms with E-state index >= 15 is 0 Å². The van der Waals surface area contributed by atoms with E-state index in [4.69, 9.17) is 0 Å². The summed E-state index contributed by atoms with van der Waals surface area (Å²) < 4.78 is 1.56. The maximum absolute atomic E-state index is 12.6. The molecule has 1 saturated carbocycles. The first kappa shape index (κ1) is 18.1. The Morgan fingerprint density at radius 3 is 2.54 bits per heavy atom. The van der Waals surface area contributed by atoms with Crippen molar-refractivity contribution in [2.24, 2.45) is 5.92 Å². The average molecular weight is 378 g/mol. The third kappa shape index (κ3) is 3.71. The summed E-state index contributed by atoms with van der Waals surface area (Å²) in [5, 5.41) is 10.1. The fraction of sp³-hybridized carbons (Fsp3) is 0.350. The van der Waals surface area contributed by atoms with Gasteiger partial charge in [0.1, 0.15) is 0 Å². The van der Waals surface area contributed by atoms with Crippen molar-refractivity contribution in [1.29, 1.82) is 0 Å². The largest absolute Gasteiger partial charge is 0.343 e. The zero-order valence-corrected chi connectivity index (χ0v) is 16.1. The van der Waals surface area contributed by atoms with E-state index in [0.717, 1.165) is 35.5 Å². The lowest BCUT2D eigenvalue weighted by molar-refractivity contribution is -0.117. The van der Waals surface area contributed by atoms with Crippen molar-refractivity contribution in [3.05, 3.63) is 53.1 Å². The first-order chi connectivity index (χ1) is 13.4. The van der Waals surface area contributed by atoms with Crippen LogP contribution in [-0.2, 0) is 4.79 Å². The molecule has 144 valence electrons. The molecule has 0 saturated heterocycles. The number of aromatic nitrogens is 4. The highest BCUT2D eigenvalue weighted by molar-refractivity contribution is 5.94. The van der Waals surface area contributed by atoms with Crippen LogP contribution in [0.15, 0.2) is 30.3 Å². The number of carbonyl (C=O) groups excluding carboxylic acids is 2. The Kier molecular flexibility index (Phi) is 4.54. The van der Waals surface area contributed by atoms with Gasteiger partial charge in [-0.1, -0.05) is 12.1 Å². The van der Waals surface area contributed by atoms with Gasteiger partial charge in [-0.3, -0.25) is 9.59 Å². The van der Waals surface area contributed by atoms with E-state index in [0.29, 0.717) is 5.78 Å². The molecule has 0 bridgehead atoms. The van der Waals surface area contributed by atoms with Crippen molar-refractivity contribution in [2.75, 3.05) is 5.32 Å². The van der Waals surface area contributed by atoms with Crippen molar-refractivity contribution in [2.45, 2.75) is 39.7 Å². The Hall–Kier alpha value is -3.29. The fourth-order valence-electron chi connectivity index (χ4n) is 3.05. The van der Waals surface area contributed by atoms with Crippen LogP contribution in [0.1, 0.15) is 53.4 Å². The fourth-order valence-corrected chi connectivity index (χ4v) is 3.05.